The molecule has 0 radical (unpaired) electrons. The molecule has 1 amide bonds. The van der Waals surface area contributed by atoms with Gasteiger partial charge < -0.3 is 10.1 Å². The van der Waals surface area contributed by atoms with Crippen molar-refractivity contribution in [2.45, 2.75) is 39.7 Å². The topological polar surface area (TPSA) is 72.7 Å². The van der Waals surface area contributed by atoms with Crippen LogP contribution in [0.2, 0.25) is 0 Å². The first-order chi connectivity index (χ1) is 9.99. The highest BCUT2D eigenvalue weighted by Gasteiger charge is 2.25. The van der Waals surface area contributed by atoms with E-state index < -0.39 is 6.10 Å². The van der Waals surface area contributed by atoms with Gasteiger partial charge in [-0.3, -0.25) is 14.0 Å². The Kier molecular flexibility index (Phi) is 3.54. The van der Waals surface area contributed by atoms with Crippen molar-refractivity contribution in [2.24, 2.45) is 0 Å². The number of fused-ring (bicyclic) bond motifs is 1. The third kappa shape index (κ3) is 2.36. The second-order valence-corrected chi connectivity index (χ2v) is 6.41. The summed E-state index contributed by atoms with van der Waals surface area (Å²) < 4.78 is 6.90. The molecule has 0 spiro atoms. The van der Waals surface area contributed by atoms with Crippen LogP contribution in [-0.2, 0) is 9.53 Å². The summed E-state index contributed by atoms with van der Waals surface area (Å²) >= 11 is 1.47. The highest BCUT2D eigenvalue weighted by atomic mass is 32.1. The number of aromatic nitrogens is 2. The van der Waals surface area contributed by atoms with E-state index in [1.165, 1.54) is 11.3 Å². The normalized spacial score (nSPS) is 18.3. The number of nitrogens with zero attached hydrogens (tertiary/aromatic N) is 2. The van der Waals surface area contributed by atoms with Gasteiger partial charge in [0.15, 0.2) is 4.96 Å². The summed E-state index contributed by atoms with van der Waals surface area (Å²) in [4.78, 5) is 30.9. The van der Waals surface area contributed by atoms with Gasteiger partial charge in [-0.25, -0.2) is 4.98 Å². The van der Waals surface area contributed by atoms with Crippen LogP contribution in [0, 0.1) is 20.8 Å². The monoisotopic (exact) mass is 307 g/mol. The van der Waals surface area contributed by atoms with Crippen molar-refractivity contribution in [3.8, 4) is 0 Å². The average Bonchev–Trinajstić information content (AvgIpc) is 3.04. The van der Waals surface area contributed by atoms with E-state index in [1.807, 2.05) is 13.8 Å². The smallest absolute Gasteiger partial charge is 0.282 e. The van der Waals surface area contributed by atoms with Crippen LogP contribution in [0.4, 0.5) is 5.69 Å². The molecule has 112 valence electrons. The van der Waals surface area contributed by atoms with Crippen molar-refractivity contribution in [3.05, 3.63) is 26.6 Å². The molecule has 0 unspecified atom stereocenters. The number of aryl methyl sites for hydroxylation is 3. The molecule has 2 aromatic rings. The molecule has 1 aliphatic rings. The van der Waals surface area contributed by atoms with Crippen LogP contribution in [0.1, 0.15) is 29.1 Å². The Morgan fingerprint density at radius 2 is 2.19 bits per heavy atom. The van der Waals surface area contributed by atoms with Crippen LogP contribution < -0.4 is 10.9 Å². The maximum absolute atomic E-state index is 12.6. The second kappa shape index (κ2) is 5.23. The first-order valence-corrected chi connectivity index (χ1v) is 7.72. The Morgan fingerprint density at radius 1 is 1.43 bits per heavy atom. The third-order valence-corrected chi connectivity index (χ3v) is 4.85. The van der Waals surface area contributed by atoms with Gasteiger partial charge in [0.05, 0.1) is 5.69 Å². The van der Waals surface area contributed by atoms with E-state index >= 15 is 0 Å². The van der Waals surface area contributed by atoms with Gasteiger partial charge in [0.25, 0.3) is 11.5 Å². The van der Waals surface area contributed by atoms with Crippen molar-refractivity contribution in [2.75, 3.05) is 11.9 Å². The summed E-state index contributed by atoms with van der Waals surface area (Å²) in [6.07, 6.45) is 1.10. The molecule has 6 nitrogen and oxygen atoms in total. The van der Waals surface area contributed by atoms with E-state index in [0.717, 1.165) is 17.0 Å². The predicted octanol–water partition coefficient (Wildman–Crippen LogP) is 1.80. The zero-order valence-electron chi connectivity index (χ0n) is 12.2. The largest absolute Gasteiger partial charge is 0.368 e. The lowest BCUT2D eigenvalue weighted by atomic mass is 10.2. The van der Waals surface area contributed by atoms with Gasteiger partial charge in [-0.2, -0.15) is 0 Å². The lowest BCUT2D eigenvalue weighted by molar-refractivity contribution is -0.124. The molecule has 0 aromatic carbocycles. The Bertz CT molecular complexity index is 772. The number of rotatable bonds is 2. The first-order valence-electron chi connectivity index (χ1n) is 6.91. The summed E-state index contributed by atoms with van der Waals surface area (Å²) in [7, 11) is 0. The molecule has 2 aromatic heterocycles. The number of carbonyl (C=O) groups is 1. The van der Waals surface area contributed by atoms with E-state index in [0.29, 0.717) is 23.7 Å². The van der Waals surface area contributed by atoms with Gasteiger partial charge in [-0.15, -0.1) is 11.3 Å². The van der Waals surface area contributed by atoms with Crippen molar-refractivity contribution in [1.82, 2.24) is 9.38 Å². The summed E-state index contributed by atoms with van der Waals surface area (Å²) in [6.45, 7) is 6.16. The molecule has 3 rings (SSSR count). The molecule has 0 aliphatic carbocycles. The summed E-state index contributed by atoms with van der Waals surface area (Å²) in [5, 5.41) is 2.69. The fourth-order valence-electron chi connectivity index (χ4n) is 2.47. The molecule has 1 atom stereocenters. The minimum Gasteiger partial charge on any atom is -0.368 e. The molecule has 0 saturated carbocycles. The van der Waals surface area contributed by atoms with Gasteiger partial charge in [0.1, 0.15) is 11.8 Å². The standard InChI is InChI=1S/C14H17N3O3S/c1-7-11(16-12(18)10-5-4-6-20-10)13(19)17-8(2)9(3)21-14(17)15-7/h10H,4-6H2,1-3H3,(H,16,18)/t10-/m1/s1. The van der Waals surface area contributed by atoms with Gasteiger partial charge in [-0.05, 0) is 33.6 Å². The quantitative estimate of drug-likeness (QED) is 0.918. The summed E-state index contributed by atoms with van der Waals surface area (Å²) in [5.41, 5.74) is 1.41. The Morgan fingerprint density at radius 3 is 2.86 bits per heavy atom. The van der Waals surface area contributed by atoms with E-state index in [-0.39, 0.29) is 17.2 Å². The highest BCUT2D eigenvalue weighted by Crippen LogP contribution is 2.21. The Labute approximate surface area is 125 Å². The van der Waals surface area contributed by atoms with Crippen LogP contribution in [0.25, 0.3) is 4.96 Å². The number of thiazole rings is 1. The van der Waals surface area contributed by atoms with Crippen molar-refractivity contribution < 1.29 is 9.53 Å². The molecule has 3 heterocycles. The van der Waals surface area contributed by atoms with Crippen molar-refractivity contribution in [1.29, 1.82) is 0 Å². The van der Waals surface area contributed by atoms with E-state index in [9.17, 15) is 9.59 Å². The molecule has 1 saturated heterocycles. The Hall–Kier alpha value is -1.73. The number of amides is 1. The number of carbonyl (C=O) groups excluding carboxylic acids is 1. The van der Waals surface area contributed by atoms with Crippen LogP contribution in [0.15, 0.2) is 4.79 Å². The van der Waals surface area contributed by atoms with E-state index in [4.69, 9.17) is 4.74 Å². The minimum absolute atomic E-state index is 0.231. The van der Waals surface area contributed by atoms with Crippen LogP contribution in [0.3, 0.4) is 0 Å². The number of nitrogens with one attached hydrogen (secondary N) is 1. The maximum Gasteiger partial charge on any atom is 0.282 e. The van der Waals surface area contributed by atoms with Crippen LogP contribution in [-0.4, -0.2) is 28.0 Å². The third-order valence-electron chi connectivity index (χ3n) is 3.79. The average molecular weight is 307 g/mol. The highest BCUT2D eigenvalue weighted by molar-refractivity contribution is 7.17. The molecule has 7 heteroatoms. The second-order valence-electron chi connectivity index (χ2n) is 5.23. The molecule has 21 heavy (non-hydrogen) atoms. The van der Waals surface area contributed by atoms with Crippen LogP contribution in [0.5, 0.6) is 0 Å². The SMILES string of the molecule is Cc1nc2sc(C)c(C)n2c(=O)c1NC(=O)[C@H]1CCCO1. The van der Waals surface area contributed by atoms with Crippen molar-refractivity contribution in [3.63, 3.8) is 0 Å². The number of hydrogen-bond donors (Lipinski definition) is 1. The Balaban J connectivity index is 2.04. The minimum atomic E-state index is -0.463. The van der Waals surface area contributed by atoms with Crippen LogP contribution >= 0.6 is 11.3 Å². The lowest BCUT2D eigenvalue weighted by Gasteiger charge is -2.11. The number of ether oxygens (including phenoxy) is 1. The predicted molar refractivity (Wildman–Crippen MR) is 81.2 cm³/mol. The van der Waals surface area contributed by atoms with Crippen molar-refractivity contribution >= 4 is 27.9 Å². The molecular formula is C14H17N3O3S. The summed E-state index contributed by atoms with van der Waals surface area (Å²) in [6, 6.07) is 0. The summed E-state index contributed by atoms with van der Waals surface area (Å²) in [5.74, 6) is -0.265. The molecule has 1 N–H and O–H groups in total. The van der Waals surface area contributed by atoms with E-state index in [2.05, 4.69) is 10.3 Å². The fraction of sp³-hybridized carbons (Fsp3) is 0.500. The van der Waals surface area contributed by atoms with Gasteiger partial charge >= 0.3 is 0 Å². The zero-order chi connectivity index (χ0) is 15.1. The molecular weight excluding hydrogens is 290 g/mol. The van der Waals surface area contributed by atoms with Gasteiger partial charge in [0.2, 0.25) is 0 Å². The van der Waals surface area contributed by atoms with Gasteiger partial charge in [-0.1, -0.05) is 0 Å². The first kappa shape index (κ1) is 14.2. The molecule has 1 fully saturated rings. The van der Waals surface area contributed by atoms with E-state index in [1.54, 1.807) is 11.3 Å². The maximum atomic E-state index is 12.6. The molecule has 0 bridgehead atoms. The fourth-order valence-corrected chi connectivity index (χ4v) is 3.47. The lowest BCUT2D eigenvalue weighted by Crippen LogP contribution is -2.31. The zero-order valence-corrected chi connectivity index (χ0v) is 13.0. The number of anilines is 1. The van der Waals surface area contributed by atoms with Gasteiger partial charge in [0, 0.05) is 17.2 Å². The molecule has 1 aliphatic heterocycles. The number of hydrogen-bond acceptors (Lipinski definition) is 5.